The average molecular weight is 282 g/mol. The SMILES string of the molecule is CCOC(OCC(COC(C)C)OC)c1ccccc1. The van der Waals surface area contributed by atoms with Crippen LogP contribution in [0.2, 0.25) is 0 Å². The largest absolute Gasteiger partial charge is 0.377 e. The molecule has 0 saturated carbocycles. The van der Waals surface area contributed by atoms with E-state index >= 15 is 0 Å². The Morgan fingerprint density at radius 3 is 2.15 bits per heavy atom. The van der Waals surface area contributed by atoms with Crippen LogP contribution in [0.3, 0.4) is 0 Å². The lowest BCUT2D eigenvalue weighted by Gasteiger charge is -2.22. The molecule has 4 heteroatoms. The first-order valence-electron chi connectivity index (χ1n) is 7.09. The van der Waals surface area contributed by atoms with E-state index in [9.17, 15) is 0 Å². The highest BCUT2D eigenvalue weighted by Gasteiger charge is 2.16. The predicted molar refractivity (Wildman–Crippen MR) is 78.6 cm³/mol. The van der Waals surface area contributed by atoms with Crippen LogP contribution < -0.4 is 0 Å². The minimum atomic E-state index is -0.363. The lowest BCUT2D eigenvalue weighted by atomic mass is 10.2. The van der Waals surface area contributed by atoms with Crippen molar-refractivity contribution < 1.29 is 18.9 Å². The van der Waals surface area contributed by atoms with Crippen molar-refractivity contribution in [2.75, 3.05) is 26.9 Å². The number of rotatable bonds is 10. The molecular weight excluding hydrogens is 256 g/mol. The highest BCUT2D eigenvalue weighted by Crippen LogP contribution is 2.19. The molecule has 0 bridgehead atoms. The predicted octanol–water partition coefficient (Wildman–Crippen LogP) is 3.18. The van der Waals surface area contributed by atoms with Gasteiger partial charge in [0.15, 0.2) is 6.29 Å². The first-order valence-corrected chi connectivity index (χ1v) is 7.09. The summed E-state index contributed by atoms with van der Waals surface area (Å²) in [4.78, 5) is 0. The number of hydrogen-bond acceptors (Lipinski definition) is 4. The van der Waals surface area contributed by atoms with Gasteiger partial charge in [0, 0.05) is 19.3 Å². The Bertz CT molecular complexity index is 340. The van der Waals surface area contributed by atoms with Gasteiger partial charge in [-0.25, -0.2) is 0 Å². The molecule has 2 atom stereocenters. The van der Waals surface area contributed by atoms with Crippen molar-refractivity contribution in [1.82, 2.24) is 0 Å². The molecular formula is C16H26O4. The van der Waals surface area contributed by atoms with E-state index in [1.54, 1.807) is 7.11 Å². The van der Waals surface area contributed by atoms with Crippen molar-refractivity contribution in [3.63, 3.8) is 0 Å². The summed E-state index contributed by atoms with van der Waals surface area (Å²) in [5.74, 6) is 0. The minimum absolute atomic E-state index is 0.0935. The lowest BCUT2D eigenvalue weighted by Crippen LogP contribution is -2.27. The fraction of sp³-hybridized carbons (Fsp3) is 0.625. The number of hydrogen-bond donors (Lipinski definition) is 0. The molecule has 0 amide bonds. The molecule has 1 aromatic carbocycles. The second-order valence-electron chi connectivity index (χ2n) is 4.77. The van der Waals surface area contributed by atoms with Gasteiger partial charge in [-0.15, -0.1) is 0 Å². The van der Waals surface area contributed by atoms with Crippen LogP contribution in [0.4, 0.5) is 0 Å². The third-order valence-electron chi connectivity index (χ3n) is 2.77. The van der Waals surface area contributed by atoms with Crippen molar-refractivity contribution >= 4 is 0 Å². The topological polar surface area (TPSA) is 36.9 Å². The maximum absolute atomic E-state index is 5.83. The molecule has 2 unspecified atom stereocenters. The van der Waals surface area contributed by atoms with Gasteiger partial charge in [-0.1, -0.05) is 30.3 Å². The zero-order valence-electron chi connectivity index (χ0n) is 12.9. The van der Waals surface area contributed by atoms with Crippen LogP contribution >= 0.6 is 0 Å². The molecule has 0 saturated heterocycles. The van der Waals surface area contributed by atoms with E-state index in [1.807, 2.05) is 51.1 Å². The van der Waals surface area contributed by atoms with Crippen LogP contribution in [0.1, 0.15) is 32.6 Å². The maximum atomic E-state index is 5.83. The van der Waals surface area contributed by atoms with Crippen LogP contribution in [0, 0.1) is 0 Å². The summed E-state index contributed by atoms with van der Waals surface area (Å²) in [6.07, 6.45) is -0.272. The fourth-order valence-electron chi connectivity index (χ4n) is 1.68. The van der Waals surface area contributed by atoms with Crippen LogP contribution in [0.25, 0.3) is 0 Å². The van der Waals surface area contributed by atoms with Gasteiger partial charge in [-0.05, 0) is 20.8 Å². The quantitative estimate of drug-likeness (QED) is 0.618. The summed E-state index contributed by atoms with van der Waals surface area (Å²) in [5, 5.41) is 0. The second-order valence-corrected chi connectivity index (χ2v) is 4.77. The lowest BCUT2D eigenvalue weighted by molar-refractivity contribution is -0.169. The highest BCUT2D eigenvalue weighted by atomic mass is 16.7. The van der Waals surface area contributed by atoms with Gasteiger partial charge in [0.25, 0.3) is 0 Å². The molecule has 0 aromatic heterocycles. The summed E-state index contributed by atoms with van der Waals surface area (Å²) in [7, 11) is 1.66. The molecule has 0 spiro atoms. The summed E-state index contributed by atoms with van der Waals surface area (Å²) < 4.78 is 22.4. The molecule has 20 heavy (non-hydrogen) atoms. The van der Waals surface area contributed by atoms with E-state index in [0.29, 0.717) is 19.8 Å². The Morgan fingerprint density at radius 1 is 0.950 bits per heavy atom. The molecule has 0 heterocycles. The normalized spacial score (nSPS) is 14.4. The van der Waals surface area contributed by atoms with Crippen molar-refractivity contribution in [1.29, 1.82) is 0 Å². The summed E-state index contributed by atoms with van der Waals surface area (Å²) in [5.41, 5.74) is 1.01. The fourth-order valence-corrected chi connectivity index (χ4v) is 1.68. The van der Waals surface area contributed by atoms with Gasteiger partial charge < -0.3 is 18.9 Å². The molecule has 0 radical (unpaired) electrons. The summed E-state index contributed by atoms with van der Waals surface area (Å²) >= 11 is 0. The van der Waals surface area contributed by atoms with E-state index < -0.39 is 0 Å². The van der Waals surface area contributed by atoms with E-state index in [4.69, 9.17) is 18.9 Å². The monoisotopic (exact) mass is 282 g/mol. The third kappa shape index (κ3) is 6.48. The zero-order valence-corrected chi connectivity index (χ0v) is 12.9. The third-order valence-corrected chi connectivity index (χ3v) is 2.77. The number of methoxy groups -OCH3 is 1. The Hall–Kier alpha value is -0.940. The molecule has 0 N–H and O–H groups in total. The van der Waals surface area contributed by atoms with Crippen molar-refractivity contribution in [3.8, 4) is 0 Å². The molecule has 0 aliphatic carbocycles. The summed E-state index contributed by atoms with van der Waals surface area (Å²) in [6.45, 7) is 7.50. The Balaban J connectivity index is 2.49. The minimum Gasteiger partial charge on any atom is -0.377 e. The zero-order chi connectivity index (χ0) is 14.8. The van der Waals surface area contributed by atoms with Gasteiger partial charge in [0.2, 0.25) is 0 Å². The maximum Gasteiger partial charge on any atom is 0.183 e. The first-order chi connectivity index (χ1) is 9.67. The van der Waals surface area contributed by atoms with Gasteiger partial charge in [-0.3, -0.25) is 0 Å². The van der Waals surface area contributed by atoms with Gasteiger partial charge in [0.05, 0.1) is 19.3 Å². The van der Waals surface area contributed by atoms with E-state index in [0.717, 1.165) is 5.56 Å². The van der Waals surface area contributed by atoms with E-state index in [-0.39, 0.29) is 18.5 Å². The van der Waals surface area contributed by atoms with Crippen LogP contribution in [-0.4, -0.2) is 39.1 Å². The molecule has 1 aromatic rings. The van der Waals surface area contributed by atoms with E-state index in [1.165, 1.54) is 0 Å². The number of ether oxygens (including phenoxy) is 4. The van der Waals surface area contributed by atoms with Gasteiger partial charge in [-0.2, -0.15) is 0 Å². The Morgan fingerprint density at radius 2 is 1.60 bits per heavy atom. The molecule has 4 nitrogen and oxygen atoms in total. The van der Waals surface area contributed by atoms with Gasteiger partial charge >= 0.3 is 0 Å². The molecule has 0 aliphatic rings. The van der Waals surface area contributed by atoms with Crippen LogP contribution in [-0.2, 0) is 18.9 Å². The van der Waals surface area contributed by atoms with Crippen molar-refractivity contribution in [3.05, 3.63) is 35.9 Å². The molecule has 0 fully saturated rings. The smallest absolute Gasteiger partial charge is 0.183 e. The van der Waals surface area contributed by atoms with Crippen LogP contribution in [0.5, 0.6) is 0 Å². The van der Waals surface area contributed by atoms with Crippen molar-refractivity contribution in [2.24, 2.45) is 0 Å². The Labute approximate surface area is 122 Å². The first kappa shape index (κ1) is 17.1. The standard InChI is InChI=1S/C16H26O4/c1-5-18-16(14-9-7-6-8-10-14)20-12-15(17-4)11-19-13(2)3/h6-10,13,15-16H,5,11-12H2,1-4H3. The van der Waals surface area contributed by atoms with Crippen LogP contribution in [0.15, 0.2) is 30.3 Å². The van der Waals surface area contributed by atoms with Gasteiger partial charge in [0.1, 0.15) is 6.10 Å². The molecule has 114 valence electrons. The Kier molecular flexibility index (Phi) is 8.46. The van der Waals surface area contributed by atoms with Crippen molar-refractivity contribution in [2.45, 2.75) is 39.3 Å². The summed E-state index contributed by atoms with van der Waals surface area (Å²) in [6, 6.07) is 9.90. The van der Waals surface area contributed by atoms with E-state index in [2.05, 4.69) is 0 Å². The highest BCUT2D eigenvalue weighted by molar-refractivity contribution is 5.15. The molecule has 0 aliphatic heterocycles. The number of benzene rings is 1. The average Bonchev–Trinajstić information content (AvgIpc) is 2.47. The molecule has 1 rings (SSSR count). The second kappa shape index (κ2) is 9.88.